The molecule has 2 saturated heterocycles. The maximum Gasteiger partial charge on any atom is 0.326 e. The lowest BCUT2D eigenvalue weighted by Crippen LogP contribution is -2.51. The molecule has 2 N–H and O–H groups in total. The maximum atomic E-state index is 12.1. The molecule has 2 rings (SSSR count). The van der Waals surface area contributed by atoms with Crippen molar-refractivity contribution in [2.24, 2.45) is 0 Å². The van der Waals surface area contributed by atoms with Crippen LogP contribution in [0, 0.1) is 0 Å². The molecule has 0 aromatic heterocycles. The number of hydrogen-bond donors (Lipinski definition) is 2. The second-order valence-electron chi connectivity index (χ2n) is 4.91. The molecule has 0 bridgehead atoms. The molecule has 2 unspecified atom stereocenters. The molecule has 18 heavy (non-hydrogen) atoms. The van der Waals surface area contributed by atoms with Crippen LogP contribution in [0.15, 0.2) is 0 Å². The molecule has 0 saturated carbocycles. The summed E-state index contributed by atoms with van der Waals surface area (Å²) in [6, 6.07) is -0.926. The number of likely N-dealkylation sites (tertiary alicyclic amines) is 1. The normalized spacial score (nSPS) is 28.8. The molecule has 2 atom stereocenters. The van der Waals surface area contributed by atoms with E-state index in [0.717, 1.165) is 25.7 Å². The highest BCUT2D eigenvalue weighted by molar-refractivity contribution is 5.82. The largest absolute Gasteiger partial charge is 0.480 e. The van der Waals surface area contributed by atoms with Gasteiger partial charge in [-0.25, -0.2) is 9.59 Å². The van der Waals surface area contributed by atoms with Crippen LogP contribution >= 0.6 is 0 Å². The van der Waals surface area contributed by atoms with Gasteiger partial charge in [-0.2, -0.15) is 0 Å². The quantitative estimate of drug-likeness (QED) is 0.766. The summed E-state index contributed by atoms with van der Waals surface area (Å²) >= 11 is 0. The minimum atomic E-state index is -0.908. The van der Waals surface area contributed by atoms with E-state index in [2.05, 4.69) is 5.32 Å². The van der Waals surface area contributed by atoms with E-state index in [1.807, 2.05) is 0 Å². The molecule has 2 aliphatic heterocycles. The lowest BCUT2D eigenvalue weighted by Gasteiger charge is -2.28. The standard InChI is InChI=1S/C12H20N2O4/c15-11(16)10-4-2-1-3-6-14(10)12(17)13-9-5-7-18-8-9/h9-10H,1-8H2,(H,13,17)(H,15,16). The highest BCUT2D eigenvalue weighted by atomic mass is 16.5. The van der Waals surface area contributed by atoms with E-state index in [9.17, 15) is 14.7 Å². The SMILES string of the molecule is O=C(O)C1CCCCCN1C(=O)NC1CCOC1. The molecule has 6 nitrogen and oxygen atoms in total. The predicted molar refractivity (Wildman–Crippen MR) is 64.4 cm³/mol. The Balaban J connectivity index is 1.97. The Morgan fingerprint density at radius 1 is 1.22 bits per heavy atom. The van der Waals surface area contributed by atoms with Crippen LogP contribution in [0.1, 0.15) is 32.1 Å². The highest BCUT2D eigenvalue weighted by Crippen LogP contribution is 2.17. The van der Waals surface area contributed by atoms with E-state index >= 15 is 0 Å². The number of amides is 2. The molecular formula is C12H20N2O4. The summed E-state index contributed by atoms with van der Waals surface area (Å²) in [5.41, 5.74) is 0. The van der Waals surface area contributed by atoms with E-state index in [1.54, 1.807) is 0 Å². The molecular weight excluding hydrogens is 236 g/mol. The average molecular weight is 256 g/mol. The summed E-state index contributed by atoms with van der Waals surface area (Å²) in [4.78, 5) is 24.8. The van der Waals surface area contributed by atoms with Gasteiger partial charge in [-0.05, 0) is 19.3 Å². The van der Waals surface area contributed by atoms with Gasteiger partial charge in [0.25, 0.3) is 0 Å². The number of hydrogen-bond acceptors (Lipinski definition) is 3. The Morgan fingerprint density at radius 2 is 2.06 bits per heavy atom. The molecule has 0 aromatic rings. The van der Waals surface area contributed by atoms with Crippen LogP contribution in [0.2, 0.25) is 0 Å². The second-order valence-corrected chi connectivity index (χ2v) is 4.91. The number of rotatable bonds is 2. The molecule has 0 aliphatic carbocycles. The molecule has 6 heteroatoms. The number of nitrogens with zero attached hydrogens (tertiary/aromatic N) is 1. The summed E-state index contributed by atoms with van der Waals surface area (Å²) in [7, 11) is 0. The molecule has 102 valence electrons. The van der Waals surface area contributed by atoms with Crippen LogP contribution < -0.4 is 5.32 Å². The van der Waals surface area contributed by atoms with Crippen molar-refractivity contribution in [3.05, 3.63) is 0 Å². The van der Waals surface area contributed by atoms with Crippen molar-refractivity contribution in [2.75, 3.05) is 19.8 Å². The van der Waals surface area contributed by atoms with E-state index in [-0.39, 0.29) is 12.1 Å². The van der Waals surface area contributed by atoms with Crippen molar-refractivity contribution in [3.63, 3.8) is 0 Å². The lowest BCUT2D eigenvalue weighted by molar-refractivity contribution is -0.142. The van der Waals surface area contributed by atoms with E-state index in [0.29, 0.717) is 26.2 Å². The first kappa shape index (κ1) is 13.1. The zero-order valence-electron chi connectivity index (χ0n) is 10.4. The summed E-state index contributed by atoms with van der Waals surface area (Å²) in [5, 5.41) is 12.1. The van der Waals surface area contributed by atoms with Gasteiger partial charge in [0.2, 0.25) is 0 Å². The third-order valence-corrected chi connectivity index (χ3v) is 3.56. The smallest absolute Gasteiger partial charge is 0.326 e. The molecule has 2 heterocycles. The Bertz CT molecular complexity index is 315. The van der Waals surface area contributed by atoms with Crippen molar-refractivity contribution in [2.45, 2.75) is 44.2 Å². The third kappa shape index (κ3) is 3.13. The number of carbonyl (C=O) groups is 2. The van der Waals surface area contributed by atoms with Crippen molar-refractivity contribution >= 4 is 12.0 Å². The Kier molecular flexibility index (Phi) is 4.41. The third-order valence-electron chi connectivity index (χ3n) is 3.56. The zero-order chi connectivity index (χ0) is 13.0. The lowest BCUT2D eigenvalue weighted by atomic mass is 10.1. The first-order valence-corrected chi connectivity index (χ1v) is 6.56. The molecule has 0 aromatic carbocycles. The summed E-state index contributed by atoms with van der Waals surface area (Å²) in [5.74, 6) is -0.908. The average Bonchev–Trinajstić information content (AvgIpc) is 2.70. The molecule has 2 aliphatic rings. The van der Waals surface area contributed by atoms with Crippen LogP contribution in [0.4, 0.5) is 4.79 Å². The fraction of sp³-hybridized carbons (Fsp3) is 0.833. The van der Waals surface area contributed by atoms with Crippen molar-refractivity contribution in [3.8, 4) is 0 Å². The summed E-state index contributed by atoms with van der Waals surface area (Å²) in [6.07, 6.45) is 4.08. The Hall–Kier alpha value is -1.30. The minimum Gasteiger partial charge on any atom is -0.480 e. The van der Waals surface area contributed by atoms with Gasteiger partial charge in [0.15, 0.2) is 0 Å². The van der Waals surface area contributed by atoms with Crippen LogP contribution in [-0.4, -0.2) is 53.8 Å². The predicted octanol–water partition coefficient (Wildman–Crippen LogP) is 0.814. The fourth-order valence-electron chi connectivity index (χ4n) is 2.51. The Morgan fingerprint density at radius 3 is 2.72 bits per heavy atom. The number of ether oxygens (including phenoxy) is 1. The van der Waals surface area contributed by atoms with Gasteiger partial charge in [0, 0.05) is 13.2 Å². The van der Waals surface area contributed by atoms with Gasteiger partial charge in [-0.15, -0.1) is 0 Å². The van der Waals surface area contributed by atoms with Crippen LogP contribution in [0.5, 0.6) is 0 Å². The van der Waals surface area contributed by atoms with Gasteiger partial charge in [-0.3, -0.25) is 0 Å². The van der Waals surface area contributed by atoms with E-state index < -0.39 is 12.0 Å². The first-order chi connectivity index (χ1) is 8.68. The minimum absolute atomic E-state index is 0.0233. The van der Waals surface area contributed by atoms with Gasteiger partial charge < -0.3 is 20.1 Å². The zero-order valence-corrected chi connectivity index (χ0v) is 10.4. The van der Waals surface area contributed by atoms with Gasteiger partial charge in [-0.1, -0.05) is 12.8 Å². The number of carboxylic acid groups (broad SMARTS) is 1. The maximum absolute atomic E-state index is 12.1. The van der Waals surface area contributed by atoms with E-state index in [1.165, 1.54) is 4.90 Å². The topological polar surface area (TPSA) is 78.9 Å². The molecule has 0 spiro atoms. The molecule has 2 amide bonds. The summed E-state index contributed by atoms with van der Waals surface area (Å²) in [6.45, 7) is 1.71. The molecule has 0 radical (unpaired) electrons. The molecule has 2 fully saturated rings. The number of nitrogens with one attached hydrogen (secondary N) is 1. The van der Waals surface area contributed by atoms with Gasteiger partial charge in [0.05, 0.1) is 12.6 Å². The summed E-state index contributed by atoms with van der Waals surface area (Å²) < 4.78 is 5.19. The number of aliphatic carboxylic acids is 1. The van der Waals surface area contributed by atoms with Crippen molar-refractivity contribution in [1.29, 1.82) is 0 Å². The van der Waals surface area contributed by atoms with Crippen molar-refractivity contribution in [1.82, 2.24) is 10.2 Å². The van der Waals surface area contributed by atoms with Crippen LogP contribution in [-0.2, 0) is 9.53 Å². The van der Waals surface area contributed by atoms with E-state index in [4.69, 9.17) is 4.74 Å². The van der Waals surface area contributed by atoms with Gasteiger partial charge in [0.1, 0.15) is 6.04 Å². The fourth-order valence-corrected chi connectivity index (χ4v) is 2.51. The van der Waals surface area contributed by atoms with Crippen LogP contribution in [0.3, 0.4) is 0 Å². The Labute approximate surface area is 106 Å². The number of carboxylic acids is 1. The first-order valence-electron chi connectivity index (χ1n) is 6.56. The van der Waals surface area contributed by atoms with Crippen molar-refractivity contribution < 1.29 is 19.4 Å². The highest BCUT2D eigenvalue weighted by Gasteiger charge is 2.32. The van der Waals surface area contributed by atoms with Crippen LogP contribution in [0.25, 0.3) is 0 Å². The second kappa shape index (κ2) is 6.04. The number of urea groups is 1. The monoisotopic (exact) mass is 256 g/mol. The van der Waals surface area contributed by atoms with Gasteiger partial charge >= 0.3 is 12.0 Å². The number of carbonyl (C=O) groups excluding carboxylic acids is 1.